The second-order valence-electron chi connectivity index (χ2n) is 0.0962. The third kappa shape index (κ3) is 9.64. The molecule has 0 N–H and O–H groups in total. The van der Waals surface area contributed by atoms with Gasteiger partial charge in [-0.1, -0.05) is 0 Å². The standard InChI is InChI=1S/BOTe.Bi.3H/c2-1-3;;;;. The molecule has 4 heavy (non-hydrogen) atoms. The molecule has 0 aliphatic rings. The van der Waals surface area contributed by atoms with Crippen LogP contribution in [0.1, 0.15) is 0 Å². The Labute approximate surface area is 57.5 Å². The molecule has 0 rings (SSSR count). The fourth-order valence-electron chi connectivity index (χ4n) is 0. The fraction of sp³-hybridized carbons (Fsp3) is 0. The first-order valence-corrected chi connectivity index (χ1v) is 1.82. The van der Waals surface area contributed by atoms with E-state index in [4.69, 9.17) is 4.70 Å². The van der Waals surface area contributed by atoms with E-state index in [-0.39, 0.29) is 26.2 Å². The van der Waals surface area contributed by atoms with Crippen LogP contribution < -0.4 is 0 Å². The molecule has 0 saturated carbocycles. The Hall–Kier alpha value is 1.54. The average molecular weight is 366 g/mol. The van der Waals surface area contributed by atoms with E-state index in [2.05, 4.69) is 0 Å². The van der Waals surface area contributed by atoms with Gasteiger partial charge >= 0.3 is 58.0 Å². The van der Waals surface area contributed by atoms with Crippen molar-refractivity contribution in [2.45, 2.75) is 0 Å². The molecule has 0 aliphatic heterocycles. The van der Waals surface area contributed by atoms with E-state index in [1.54, 1.807) is 0 Å². The average Bonchev–Trinajstić information content (AvgIpc) is 0.918. The summed E-state index contributed by atoms with van der Waals surface area (Å²) < 4.78 is 8.81. The van der Waals surface area contributed by atoms with Crippen LogP contribution in [0.15, 0.2) is 0 Å². The van der Waals surface area contributed by atoms with Crippen LogP contribution in [-0.4, -0.2) is 53.3 Å². The van der Waals surface area contributed by atoms with Crippen molar-refractivity contribution in [3.8, 4) is 0 Å². The Morgan fingerprint density at radius 2 is 1.75 bits per heavy atom. The maximum absolute atomic E-state index is 8.81. The predicted molar refractivity (Wildman–Crippen MR) is 22.1 cm³/mol. The molecule has 0 aliphatic carbocycles. The van der Waals surface area contributed by atoms with Gasteiger partial charge in [0.1, 0.15) is 0 Å². The Morgan fingerprint density at radius 3 is 1.75 bits per heavy atom. The summed E-state index contributed by atoms with van der Waals surface area (Å²) in [5.74, 6) is 0. The zero-order valence-electron chi connectivity index (χ0n) is 2.10. The SMILES string of the molecule is O=B[Te].[BiH3]. The van der Waals surface area contributed by atoms with Gasteiger partial charge in [0.15, 0.2) is 0 Å². The summed E-state index contributed by atoms with van der Waals surface area (Å²) in [6, 6.07) is 0. The summed E-state index contributed by atoms with van der Waals surface area (Å²) in [6.45, 7) is 0. The molecule has 0 spiro atoms. The van der Waals surface area contributed by atoms with E-state index >= 15 is 0 Å². The molecule has 0 amide bonds. The van der Waals surface area contributed by atoms with Gasteiger partial charge in [0, 0.05) is 0 Å². The zero-order chi connectivity index (χ0) is 2.71. The summed E-state index contributed by atoms with van der Waals surface area (Å²) in [4.78, 5) is 0. The second kappa shape index (κ2) is 8.82. The van der Waals surface area contributed by atoms with Crippen molar-refractivity contribution < 1.29 is 4.70 Å². The predicted octanol–water partition coefficient (Wildman–Crippen LogP) is -2.06. The summed E-state index contributed by atoms with van der Waals surface area (Å²) >= 11 is 1.39. The summed E-state index contributed by atoms with van der Waals surface area (Å²) in [6.07, 6.45) is 0. The van der Waals surface area contributed by atoms with E-state index in [0.717, 1.165) is 5.05 Å². The molecule has 0 aromatic rings. The van der Waals surface area contributed by atoms with Crippen LogP contribution in [-0.2, 0) is 4.70 Å². The van der Waals surface area contributed by atoms with Crippen molar-refractivity contribution >= 4 is 53.3 Å². The van der Waals surface area contributed by atoms with Crippen LogP contribution in [0.5, 0.6) is 0 Å². The molecular weight excluding hydrogens is 363 g/mol. The monoisotopic (exact) mass is 369 g/mol. The molecule has 4 heteroatoms. The van der Waals surface area contributed by atoms with Gasteiger partial charge in [0.25, 0.3) is 0 Å². The van der Waals surface area contributed by atoms with Gasteiger partial charge in [-0.2, -0.15) is 0 Å². The van der Waals surface area contributed by atoms with Crippen molar-refractivity contribution in [3.63, 3.8) is 0 Å². The number of rotatable bonds is 0. The van der Waals surface area contributed by atoms with E-state index in [1.807, 2.05) is 0 Å². The molecule has 0 aromatic carbocycles. The zero-order valence-corrected chi connectivity index (χ0v) is 9.93. The molecule has 0 saturated heterocycles. The van der Waals surface area contributed by atoms with Crippen LogP contribution in [0.4, 0.5) is 0 Å². The van der Waals surface area contributed by atoms with Gasteiger partial charge in [-0.15, -0.1) is 0 Å². The minimum absolute atomic E-state index is 0. The molecule has 0 heterocycles. The van der Waals surface area contributed by atoms with Crippen molar-refractivity contribution in [2.24, 2.45) is 0 Å². The van der Waals surface area contributed by atoms with Gasteiger partial charge in [0.05, 0.1) is 0 Å². The van der Waals surface area contributed by atoms with Gasteiger partial charge in [0.2, 0.25) is 0 Å². The maximum atomic E-state index is 8.81. The van der Waals surface area contributed by atoms with Crippen LogP contribution in [0, 0.1) is 0 Å². The third-order valence-electron chi connectivity index (χ3n) is 0. The molecule has 0 aromatic heterocycles. The van der Waals surface area contributed by atoms with Crippen LogP contribution in [0.3, 0.4) is 0 Å². The number of hydrogen-bond acceptors (Lipinski definition) is 1. The first kappa shape index (κ1) is 9.11. The van der Waals surface area contributed by atoms with Crippen molar-refractivity contribution in [1.82, 2.24) is 0 Å². The van der Waals surface area contributed by atoms with E-state index in [1.165, 1.54) is 22.1 Å². The quantitative estimate of drug-likeness (QED) is 0.451. The molecule has 0 bridgehead atoms. The molecule has 0 atom stereocenters. The molecule has 1 radical (unpaired) electrons. The van der Waals surface area contributed by atoms with Crippen molar-refractivity contribution in [1.29, 1.82) is 0 Å². The van der Waals surface area contributed by atoms with Gasteiger partial charge in [-0.25, -0.2) is 0 Å². The molecule has 0 fully saturated rings. The molecule has 1 nitrogen and oxygen atoms in total. The van der Waals surface area contributed by atoms with Crippen LogP contribution in [0.25, 0.3) is 0 Å². The molecular formula is H3BBiOTe. The fourth-order valence-corrected chi connectivity index (χ4v) is 0. The van der Waals surface area contributed by atoms with Crippen molar-refractivity contribution in [3.05, 3.63) is 0 Å². The third-order valence-corrected chi connectivity index (χ3v) is 0. The van der Waals surface area contributed by atoms with Gasteiger partial charge < -0.3 is 0 Å². The van der Waals surface area contributed by atoms with Crippen LogP contribution in [0.2, 0.25) is 0 Å². The Bertz CT molecular complexity index is 15.5. The molecule has 23 valence electrons. The second-order valence-corrected chi connectivity index (χ2v) is 0.645. The molecule has 0 unspecified atom stereocenters. The summed E-state index contributed by atoms with van der Waals surface area (Å²) in [7, 11) is 0. The Morgan fingerprint density at radius 1 is 1.75 bits per heavy atom. The van der Waals surface area contributed by atoms with Gasteiger partial charge in [-0.3, -0.25) is 0 Å². The van der Waals surface area contributed by atoms with E-state index < -0.39 is 0 Å². The van der Waals surface area contributed by atoms with Crippen LogP contribution >= 0.6 is 0 Å². The van der Waals surface area contributed by atoms with E-state index in [9.17, 15) is 0 Å². The minimum atomic E-state index is 0. The summed E-state index contributed by atoms with van der Waals surface area (Å²) in [5, 5.41) is 0.760. The van der Waals surface area contributed by atoms with E-state index in [0.29, 0.717) is 0 Å². The Kier molecular flexibility index (Phi) is 20.1. The Balaban J connectivity index is 0. The topological polar surface area (TPSA) is 17.1 Å². The first-order chi connectivity index (χ1) is 1.41. The summed E-state index contributed by atoms with van der Waals surface area (Å²) in [5.41, 5.74) is 0. The normalized spacial score (nSPS) is 2.00. The van der Waals surface area contributed by atoms with Gasteiger partial charge in [-0.05, 0) is 0 Å². The number of hydrogen-bond donors (Lipinski definition) is 0. The first-order valence-electron chi connectivity index (χ1n) is 0.471. The van der Waals surface area contributed by atoms with Crippen molar-refractivity contribution in [2.75, 3.05) is 0 Å².